The molecule has 2 aliphatic rings. The molecule has 0 radical (unpaired) electrons. The Morgan fingerprint density at radius 3 is 3.15 bits per heavy atom. The average molecular weight is 180 g/mol. The van der Waals surface area contributed by atoms with Crippen molar-refractivity contribution in [2.45, 2.75) is 13.8 Å². The normalized spacial score (nSPS) is 27.4. The van der Waals surface area contributed by atoms with Crippen molar-refractivity contribution in [1.29, 1.82) is 0 Å². The second kappa shape index (κ2) is 2.87. The summed E-state index contributed by atoms with van der Waals surface area (Å²) in [5, 5.41) is 2.78. The Morgan fingerprint density at radius 2 is 2.38 bits per heavy atom. The molecule has 1 N–H and O–H groups in total. The number of nitrogens with one attached hydrogen (secondary N) is 1. The van der Waals surface area contributed by atoms with Gasteiger partial charge in [0.15, 0.2) is 6.61 Å². The second-order valence-corrected chi connectivity index (χ2v) is 3.44. The number of ether oxygens (including phenoxy) is 1. The lowest BCUT2D eigenvalue weighted by atomic mass is 9.98. The highest BCUT2D eigenvalue weighted by atomic mass is 16.5. The summed E-state index contributed by atoms with van der Waals surface area (Å²) in [6, 6.07) is 0. The third-order valence-corrected chi connectivity index (χ3v) is 2.46. The molecule has 1 amide bonds. The molecule has 0 bridgehead atoms. The molecule has 0 saturated carbocycles. The first-order chi connectivity index (χ1) is 6.18. The summed E-state index contributed by atoms with van der Waals surface area (Å²) < 4.78 is 5.19. The average Bonchev–Trinajstić information content (AvgIpc) is 2.12. The van der Waals surface area contributed by atoms with Gasteiger partial charge in [-0.3, -0.25) is 4.79 Å². The fourth-order valence-electron chi connectivity index (χ4n) is 1.43. The zero-order chi connectivity index (χ0) is 9.42. The van der Waals surface area contributed by atoms with Gasteiger partial charge < -0.3 is 10.1 Å². The van der Waals surface area contributed by atoms with Crippen molar-refractivity contribution in [2.75, 3.05) is 13.2 Å². The number of carbonyl (C=O) groups is 1. The highest BCUT2D eigenvalue weighted by molar-refractivity contribution is 6.02. The summed E-state index contributed by atoms with van der Waals surface area (Å²) in [5.74, 6) is 0.887. The van der Waals surface area contributed by atoms with Gasteiger partial charge in [0, 0.05) is 6.54 Å². The van der Waals surface area contributed by atoms with E-state index < -0.39 is 0 Å². The Hall–Kier alpha value is -1.32. The zero-order valence-electron chi connectivity index (χ0n) is 7.76. The van der Waals surface area contributed by atoms with Gasteiger partial charge in [-0.2, -0.15) is 0 Å². The molecule has 4 nitrogen and oxygen atoms in total. The number of nitrogens with zero attached hydrogens (tertiary/aromatic N) is 1. The Kier molecular flexibility index (Phi) is 1.83. The number of carbonyl (C=O) groups excluding carboxylic acids is 1. The van der Waals surface area contributed by atoms with Gasteiger partial charge in [0.2, 0.25) is 5.90 Å². The van der Waals surface area contributed by atoms with Crippen LogP contribution < -0.4 is 5.32 Å². The third-order valence-electron chi connectivity index (χ3n) is 2.46. The Balaban J connectivity index is 2.35. The van der Waals surface area contributed by atoms with E-state index in [-0.39, 0.29) is 12.5 Å². The van der Waals surface area contributed by atoms with Crippen molar-refractivity contribution in [2.24, 2.45) is 10.9 Å². The lowest BCUT2D eigenvalue weighted by Gasteiger charge is -2.26. The van der Waals surface area contributed by atoms with Crippen LogP contribution in [0.3, 0.4) is 0 Å². The number of fused-ring (bicyclic) bond motifs is 1. The highest BCUT2D eigenvalue weighted by Crippen LogP contribution is 2.21. The molecule has 2 rings (SSSR count). The molecular weight excluding hydrogens is 168 g/mol. The van der Waals surface area contributed by atoms with Crippen LogP contribution in [0.5, 0.6) is 0 Å². The van der Waals surface area contributed by atoms with Gasteiger partial charge >= 0.3 is 0 Å². The second-order valence-electron chi connectivity index (χ2n) is 3.44. The molecule has 13 heavy (non-hydrogen) atoms. The molecular formula is C9H12N2O2. The Bertz CT molecular complexity index is 318. The largest absolute Gasteiger partial charge is 0.466 e. The van der Waals surface area contributed by atoms with E-state index in [0.29, 0.717) is 11.8 Å². The number of hydrogen-bond donors (Lipinski definition) is 1. The standard InChI is InChI=1S/C9H12N2O2/c1-5-3-10-9-8(6(5)2)11-7(12)4-13-9/h5H,3-4H2,1-2H3,(H,11,12). The van der Waals surface area contributed by atoms with E-state index in [1.807, 2.05) is 6.92 Å². The van der Waals surface area contributed by atoms with Crippen LogP contribution in [0.4, 0.5) is 0 Å². The summed E-state index contributed by atoms with van der Waals surface area (Å²) in [6.45, 7) is 4.93. The van der Waals surface area contributed by atoms with E-state index in [9.17, 15) is 4.79 Å². The monoisotopic (exact) mass is 180 g/mol. The summed E-state index contributed by atoms with van der Waals surface area (Å²) in [4.78, 5) is 15.3. The summed E-state index contributed by atoms with van der Waals surface area (Å²) in [5.41, 5.74) is 1.92. The fourth-order valence-corrected chi connectivity index (χ4v) is 1.43. The maximum atomic E-state index is 11.0. The van der Waals surface area contributed by atoms with Crippen molar-refractivity contribution < 1.29 is 9.53 Å². The minimum absolute atomic E-state index is 0.0873. The topological polar surface area (TPSA) is 50.7 Å². The van der Waals surface area contributed by atoms with Crippen LogP contribution in [0.25, 0.3) is 0 Å². The first kappa shape index (κ1) is 8.29. The van der Waals surface area contributed by atoms with Crippen LogP contribution in [0.1, 0.15) is 13.8 Å². The van der Waals surface area contributed by atoms with Crippen LogP contribution in [0.2, 0.25) is 0 Å². The molecule has 0 aromatic rings. The SMILES string of the molecule is CC1=C2NC(=O)COC2=NCC1C. The van der Waals surface area contributed by atoms with E-state index in [1.165, 1.54) is 0 Å². The maximum Gasteiger partial charge on any atom is 0.262 e. The number of morpholine rings is 1. The molecule has 1 atom stereocenters. The number of hydrogen-bond acceptors (Lipinski definition) is 3. The fraction of sp³-hybridized carbons (Fsp3) is 0.556. The van der Waals surface area contributed by atoms with Gasteiger partial charge in [0.1, 0.15) is 5.70 Å². The van der Waals surface area contributed by atoms with Crippen molar-refractivity contribution >= 4 is 11.8 Å². The minimum Gasteiger partial charge on any atom is -0.466 e. The molecule has 0 aromatic carbocycles. The predicted octanol–water partition coefficient (Wildman–Crippen LogP) is 0.455. The third kappa shape index (κ3) is 1.32. The molecule has 0 aromatic heterocycles. The Labute approximate surface area is 76.7 Å². The highest BCUT2D eigenvalue weighted by Gasteiger charge is 2.26. The van der Waals surface area contributed by atoms with Gasteiger partial charge in [-0.1, -0.05) is 6.92 Å². The Morgan fingerprint density at radius 1 is 1.62 bits per heavy atom. The molecule has 1 saturated heterocycles. The molecule has 2 aliphatic heterocycles. The lowest BCUT2D eigenvalue weighted by Crippen LogP contribution is -2.41. The van der Waals surface area contributed by atoms with E-state index in [4.69, 9.17) is 4.74 Å². The molecule has 4 heteroatoms. The first-order valence-electron chi connectivity index (χ1n) is 4.36. The number of aliphatic imine (C=N–C) groups is 1. The van der Waals surface area contributed by atoms with Crippen molar-refractivity contribution in [3.63, 3.8) is 0 Å². The summed E-state index contributed by atoms with van der Waals surface area (Å²) in [7, 11) is 0. The van der Waals surface area contributed by atoms with Crippen molar-refractivity contribution in [3.05, 3.63) is 11.3 Å². The summed E-state index contributed by atoms with van der Waals surface area (Å²) >= 11 is 0. The number of amides is 1. The molecule has 0 spiro atoms. The number of dihydropyridines is 1. The van der Waals surface area contributed by atoms with Crippen LogP contribution in [0, 0.1) is 5.92 Å². The number of rotatable bonds is 0. The van der Waals surface area contributed by atoms with Gasteiger partial charge in [-0.05, 0) is 18.4 Å². The van der Waals surface area contributed by atoms with Gasteiger partial charge in [0.05, 0.1) is 0 Å². The minimum atomic E-state index is -0.0950. The van der Waals surface area contributed by atoms with Crippen LogP contribution in [-0.2, 0) is 9.53 Å². The van der Waals surface area contributed by atoms with E-state index >= 15 is 0 Å². The lowest BCUT2D eigenvalue weighted by molar-refractivity contribution is -0.123. The first-order valence-corrected chi connectivity index (χ1v) is 4.36. The molecule has 70 valence electrons. The molecule has 0 aliphatic carbocycles. The summed E-state index contributed by atoms with van der Waals surface area (Å²) in [6.07, 6.45) is 0. The van der Waals surface area contributed by atoms with Gasteiger partial charge in [-0.15, -0.1) is 0 Å². The van der Waals surface area contributed by atoms with E-state index in [0.717, 1.165) is 17.8 Å². The van der Waals surface area contributed by atoms with Gasteiger partial charge in [-0.25, -0.2) is 4.99 Å². The van der Waals surface area contributed by atoms with Gasteiger partial charge in [0.25, 0.3) is 5.91 Å². The van der Waals surface area contributed by atoms with E-state index in [1.54, 1.807) is 0 Å². The molecule has 2 heterocycles. The smallest absolute Gasteiger partial charge is 0.262 e. The van der Waals surface area contributed by atoms with Crippen LogP contribution in [0.15, 0.2) is 16.3 Å². The van der Waals surface area contributed by atoms with Crippen LogP contribution >= 0.6 is 0 Å². The zero-order valence-corrected chi connectivity index (χ0v) is 7.76. The van der Waals surface area contributed by atoms with Crippen LogP contribution in [-0.4, -0.2) is 25.0 Å². The quantitative estimate of drug-likeness (QED) is 0.588. The maximum absolute atomic E-state index is 11.0. The predicted molar refractivity (Wildman–Crippen MR) is 48.3 cm³/mol. The van der Waals surface area contributed by atoms with E-state index in [2.05, 4.69) is 17.2 Å². The van der Waals surface area contributed by atoms with Crippen molar-refractivity contribution in [1.82, 2.24) is 5.32 Å². The molecule has 1 fully saturated rings. The molecule has 1 unspecified atom stereocenters. The van der Waals surface area contributed by atoms with Crippen molar-refractivity contribution in [3.8, 4) is 0 Å².